The summed E-state index contributed by atoms with van der Waals surface area (Å²) in [5, 5.41) is 17.8. The summed E-state index contributed by atoms with van der Waals surface area (Å²) >= 11 is 0. The van der Waals surface area contributed by atoms with E-state index in [1.54, 1.807) is 37.4 Å². The average Bonchev–Trinajstić information content (AvgIpc) is 3.16. The van der Waals surface area contributed by atoms with Crippen LogP contribution in [0.15, 0.2) is 65.8 Å². The number of hydrogen-bond donors (Lipinski definition) is 2. The highest BCUT2D eigenvalue weighted by atomic mass is 32.2. The summed E-state index contributed by atoms with van der Waals surface area (Å²) in [6.45, 7) is 0. The number of hydrogen-bond acceptors (Lipinski definition) is 8. The van der Waals surface area contributed by atoms with Crippen LogP contribution in [0, 0.1) is 10.1 Å². The predicted molar refractivity (Wildman–Crippen MR) is 110 cm³/mol. The van der Waals surface area contributed by atoms with Crippen LogP contribution >= 0.6 is 0 Å². The highest BCUT2D eigenvalue weighted by molar-refractivity contribution is 7.92. The van der Waals surface area contributed by atoms with E-state index in [1.807, 2.05) is 0 Å². The molecule has 0 atom stereocenters. The van der Waals surface area contributed by atoms with Crippen LogP contribution in [-0.4, -0.2) is 33.1 Å². The molecule has 0 spiro atoms. The standard InChI is InChI=1S/C18H15N7O4S/c1-24-11-14(10-19-24)30(28,29)23-18-17(21-15-7-2-3-8-16(15)22-18)20-12-5-4-6-13(9-12)25(26)27/h2-11H,1H3,(H,20,21)(H,22,23). The fourth-order valence-electron chi connectivity index (χ4n) is 2.72. The maximum absolute atomic E-state index is 12.7. The molecule has 2 aromatic heterocycles. The molecule has 2 heterocycles. The lowest BCUT2D eigenvalue weighted by atomic mass is 10.2. The first-order chi connectivity index (χ1) is 14.3. The first-order valence-electron chi connectivity index (χ1n) is 8.61. The third-order valence-corrected chi connectivity index (χ3v) is 5.41. The van der Waals surface area contributed by atoms with Gasteiger partial charge < -0.3 is 5.32 Å². The summed E-state index contributed by atoms with van der Waals surface area (Å²) in [6.07, 6.45) is 2.56. The fraction of sp³-hybridized carbons (Fsp3) is 0.0556. The van der Waals surface area contributed by atoms with E-state index in [0.29, 0.717) is 16.7 Å². The molecule has 4 aromatic rings. The Bertz CT molecular complexity index is 1370. The third-order valence-electron chi connectivity index (χ3n) is 4.11. The van der Waals surface area contributed by atoms with Crippen LogP contribution in [0.5, 0.6) is 0 Å². The zero-order valence-corrected chi connectivity index (χ0v) is 16.4. The Hall–Kier alpha value is -4.06. The maximum atomic E-state index is 12.7. The molecular formula is C18H15N7O4S. The van der Waals surface area contributed by atoms with Crippen LogP contribution in [0.1, 0.15) is 0 Å². The highest BCUT2D eigenvalue weighted by Crippen LogP contribution is 2.28. The Morgan fingerprint density at radius 2 is 1.73 bits per heavy atom. The van der Waals surface area contributed by atoms with E-state index >= 15 is 0 Å². The molecule has 152 valence electrons. The van der Waals surface area contributed by atoms with E-state index in [1.165, 1.54) is 35.3 Å². The molecule has 2 aromatic carbocycles. The Balaban J connectivity index is 1.78. The van der Waals surface area contributed by atoms with E-state index in [9.17, 15) is 18.5 Å². The monoisotopic (exact) mass is 425 g/mol. The van der Waals surface area contributed by atoms with Crippen LogP contribution in [0.2, 0.25) is 0 Å². The van der Waals surface area contributed by atoms with Crippen LogP contribution < -0.4 is 10.0 Å². The number of fused-ring (bicyclic) bond motifs is 1. The number of aromatic nitrogens is 4. The quantitative estimate of drug-likeness (QED) is 0.354. The number of nitrogens with zero attached hydrogens (tertiary/aromatic N) is 5. The summed E-state index contributed by atoms with van der Waals surface area (Å²) in [6, 6.07) is 12.7. The Kier molecular flexibility index (Phi) is 4.75. The smallest absolute Gasteiger partial charge is 0.271 e. The topological polar surface area (TPSA) is 145 Å². The van der Waals surface area contributed by atoms with Crippen molar-refractivity contribution in [1.29, 1.82) is 0 Å². The SMILES string of the molecule is Cn1cc(S(=O)(=O)Nc2nc3ccccc3nc2Nc2cccc([N+](=O)[O-])c2)cn1. The number of sulfonamides is 1. The van der Waals surface area contributed by atoms with Gasteiger partial charge in [-0.15, -0.1) is 0 Å². The van der Waals surface area contributed by atoms with E-state index in [-0.39, 0.29) is 22.2 Å². The van der Waals surface area contributed by atoms with Gasteiger partial charge in [-0.25, -0.2) is 18.4 Å². The Labute approximate surface area is 170 Å². The molecule has 11 nitrogen and oxygen atoms in total. The lowest BCUT2D eigenvalue weighted by Gasteiger charge is -2.13. The first kappa shape index (κ1) is 19.3. The summed E-state index contributed by atoms with van der Waals surface area (Å²) in [7, 11) is -2.38. The van der Waals surface area contributed by atoms with Crippen LogP contribution in [0.3, 0.4) is 0 Å². The van der Waals surface area contributed by atoms with Gasteiger partial charge in [0.2, 0.25) is 0 Å². The number of para-hydroxylation sites is 2. The molecular weight excluding hydrogens is 410 g/mol. The van der Waals surface area contributed by atoms with E-state index in [2.05, 4.69) is 25.1 Å². The fourth-order valence-corrected chi connectivity index (χ4v) is 3.71. The van der Waals surface area contributed by atoms with Crippen LogP contribution in [-0.2, 0) is 17.1 Å². The number of nitrogens with one attached hydrogen (secondary N) is 2. The molecule has 0 unspecified atom stereocenters. The minimum absolute atomic E-state index is 0.0405. The summed E-state index contributed by atoms with van der Waals surface area (Å²) in [4.78, 5) is 19.3. The van der Waals surface area contributed by atoms with Crippen molar-refractivity contribution < 1.29 is 13.3 Å². The van der Waals surface area contributed by atoms with Crippen molar-refractivity contribution in [3.63, 3.8) is 0 Å². The second-order valence-corrected chi connectivity index (χ2v) is 7.98. The van der Waals surface area contributed by atoms with Gasteiger partial charge in [-0.2, -0.15) is 5.10 Å². The molecule has 0 aliphatic rings. The molecule has 0 fully saturated rings. The lowest BCUT2D eigenvalue weighted by Crippen LogP contribution is -2.15. The summed E-state index contributed by atoms with van der Waals surface area (Å²) in [5.41, 5.74) is 1.24. The van der Waals surface area contributed by atoms with Crippen LogP contribution in [0.25, 0.3) is 11.0 Å². The Morgan fingerprint density at radius 3 is 2.37 bits per heavy atom. The molecule has 0 radical (unpaired) electrons. The van der Waals surface area contributed by atoms with Gasteiger partial charge >= 0.3 is 0 Å². The number of anilines is 3. The average molecular weight is 425 g/mol. The van der Waals surface area contributed by atoms with Crippen molar-refractivity contribution >= 4 is 44.1 Å². The normalized spacial score (nSPS) is 11.4. The number of rotatable bonds is 6. The largest absolute Gasteiger partial charge is 0.337 e. The molecule has 0 saturated carbocycles. The molecule has 0 saturated heterocycles. The third kappa shape index (κ3) is 3.89. The van der Waals surface area contributed by atoms with Crippen molar-refractivity contribution in [2.24, 2.45) is 7.05 Å². The highest BCUT2D eigenvalue weighted by Gasteiger charge is 2.20. The van der Waals surface area contributed by atoms with Crippen molar-refractivity contribution in [2.45, 2.75) is 4.90 Å². The zero-order chi connectivity index (χ0) is 21.3. The van der Waals surface area contributed by atoms with Gasteiger partial charge in [-0.3, -0.25) is 19.5 Å². The number of aryl methyl sites for hydroxylation is 1. The van der Waals surface area contributed by atoms with Gasteiger partial charge in [0.1, 0.15) is 4.90 Å². The van der Waals surface area contributed by atoms with Gasteiger partial charge in [0.05, 0.1) is 22.2 Å². The van der Waals surface area contributed by atoms with Crippen molar-refractivity contribution in [1.82, 2.24) is 19.7 Å². The number of nitro benzene ring substituents is 1. The van der Waals surface area contributed by atoms with Gasteiger partial charge in [0.15, 0.2) is 11.6 Å². The molecule has 0 bridgehead atoms. The molecule has 2 N–H and O–H groups in total. The molecule has 0 aliphatic carbocycles. The van der Waals surface area contributed by atoms with E-state index in [4.69, 9.17) is 0 Å². The zero-order valence-electron chi connectivity index (χ0n) is 15.6. The predicted octanol–water partition coefficient (Wildman–Crippen LogP) is 2.82. The van der Waals surface area contributed by atoms with Gasteiger partial charge in [-0.1, -0.05) is 18.2 Å². The van der Waals surface area contributed by atoms with Crippen LogP contribution in [0.4, 0.5) is 23.0 Å². The second-order valence-electron chi connectivity index (χ2n) is 6.30. The number of non-ortho nitro benzene ring substituents is 1. The molecule has 12 heteroatoms. The van der Waals surface area contributed by atoms with E-state index < -0.39 is 14.9 Å². The second kappa shape index (κ2) is 7.40. The van der Waals surface area contributed by atoms with Crippen molar-refractivity contribution in [3.05, 3.63) is 71.0 Å². The molecule has 30 heavy (non-hydrogen) atoms. The minimum atomic E-state index is -3.98. The first-order valence-corrected chi connectivity index (χ1v) is 10.1. The minimum Gasteiger partial charge on any atom is -0.337 e. The van der Waals surface area contributed by atoms with Crippen molar-refractivity contribution in [3.8, 4) is 0 Å². The molecule has 4 rings (SSSR count). The number of benzene rings is 2. The van der Waals surface area contributed by atoms with Crippen molar-refractivity contribution in [2.75, 3.05) is 10.0 Å². The lowest BCUT2D eigenvalue weighted by molar-refractivity contribution is -0.384. The van der Waals surface area contributed by atoms with Gasteiger partial charge in [-0.05, 0) is 18.2 Å². The molecule has 0 aliphatic heterocycles. The van der Waals surface area contributed by atoms with Gasteiger partial charge in [0.25, 0.3) is 15.7 Å². The summed E-state index contributed by atoms with van der Waals surface area (Å²) in [5.74, 6) is 0.0470. The molecule has 0 amide bonds. The van der Waals surface area contributed by atoms with Gasteiger partial charge in [0, 0.05) is 31.1 Å². The number of nitro groups is 1. The Morgan fingerprint density at radius 1 is 1.03 bits per heavy atom. The van der Waals surface area contributed by atoms with E-state index in [0.717, 1.165) is 0 Å². The summed E-state index contributed by atoms with van der Waals surface area (Å²) < 4.78 is 29.3. The maximum Gasteiger partial charge on any atom is 0.271 e.